The molecule has 0 aromatic heterocycles. The van der Waals surface area contributed by atoms with Gasteiger partial charge in [-0.25, -0.2) is 10.2 Å². The summed E-state index contributed by atoms with van der Waals surface area (Å²) in [4.78, 5) is 25.2. The molecule has 3 aromatic carbocycles. The molecule has 0 bridgehead atoms. The van der Waals surface area contributed by atoms with E-state index in [9.17, 15) is 9.59 Å². The van der Waals surface area contributed by atoms with E-state index in [4.69, 9.17) is 26.4 Å². The standard InChI is InChI=1S/C28H28N4O5S/c1-4-36-27(34)25-17(2)30-28(38)31-26(25)21-11-7-8-12-23(21)37-16-24(33)32-29-15-18-13-14-22(35-3)20-10-6-5-9-19(18)20/h5-15,26H,4,16H2,1-3H3,(H,32,33)(H2,30,31,38)/t26-/m1/s1. The minimum atomic E-state index is -0.608. The summed E-state index contributed by atoms with van der Waals surface area (Å²) >= 11 is 5.31. The topological polar surface area (TPSA) is 110 Å². The number of ether oxygens (including phenoxy) is 3. The zero-order valence-electron chi connectivity index (χ0n) is 21.2. The molecule has 196 valence electrons. The van der Waals surface area contributed by atoms with Gasteiger partial charge in [0.1, 0.15) is 11.5 Å². The molecular formula is C28H28N4O5S. The number of carbonyl (C=O) groups is 2. The van der Waals surface area contributed by atoms with Gasteiger partial charge in [-0.3, -0.25) is 4.79 Å². The van der Waals surface area contributed by atoms with Gasteiger partial charge in [-0.15, -0.1) is 0 Å². The first-order chi connectivity index (χ1) is 18.4. The van der Waals surface area contributed by atoms with Crippen molar-refractivity contribution >= 4 is 46.2 Å². The molecule has 0 radical (unpaired) electrons. The maximum Gasteiger partial charge on any atom is 0.338 e. The molecule has 1 amide bonds. The molecule has 3 N–H and O–H groups in total. The number of para-hydroxylation sites is 1. The molecule has 10 heteroatoms. The summed E-state index contributed by atoms with van der Waals surface area (Å²) in [7, 11) is 1.62. The van der Waals surface area contributed by atoms with Gasteiger partial charge in [0, 0.05) is 22.2 Å². The van der Waals surface area contributed by atoms with Crippen molar-refractivity contribution in [1.82, 2.24) is 16.1 Å². The number of esters is 1. The van der Waals surface area contributed by atoms with Crippen LogP contribution in [0.25, 0.3) is 10.8 Å². The van der Waals surface area contributed by atoms with Gasteiger partial charge in [-0.2, -0.15) is 5.10 Å². The molecular weight excluding hydrogens is 504 g/mol. The fraction of sp³-hybridized carbons (Fsp3) is 0.214. The number of fused-ring (bicyclic) bond motifs is 1. The fourth-order valence-electron chi connectivity index (χ4n) is 4.19. The zero-order valence-corrected chi connectivity index (χ0v) is 22.1. The van der Waals surface area contributed by atoms with Crippen LogP contribution in [0.1, 0.15) is 31.0 Å². The first-order valence-electron chi connectivity index (χ1n) is 12.0. The Balaban J connectivity index is 1.46. The number of hydrazone groups is 1. The third kappa shape index (κ3) is 5.92. The SMILES string of the molecule is CCOC(=O)C1=C(C)NC(=S)N[C@@H]1c1ccccc1OCC(=O)NN=Cc1ccc(OC)c2ccccc12. The summed E-state index contributed by atoms with van der Waals surface area (Å²) in [5.74, 6) is 0.268. The number of rotatable bonds is 9. The van der Waals surface area contributed by atoms with Crippen molar-refractivity contribution in [1.29, 1.82) is 0 Å². The Bertz CT molecular complexity index is 1440. The summed E-state index contributed by atoms with van der Waals surface area (Å²) in [5.41, 5.74) is 4.94. The van der Waals surface area contributed by atoms with Crippen LogP contribution in [0.2, 0.25) is 0 Å². The highest BCUT2D eigenvalue weighted by Gasteiger charge is 2.32. The largest absolute Gasteiger partial charge is 0.496 e. The second kappa shape index (κ2) is 12.2. The lowest BCUT2D eigenvalue weighted by Gasteiger charge is -2.30. The Kier molecular flexibility index (Phi) is 8.55. The van der Waals surface area contributed by atoms with E-state index < -0.39 is 17.9 Å². The van der Waals surface area contributed by atoms with Crippen LogP contribution in [0.4, 0.5) is 0 Å². The van der Waals surface area contributed by atoms with E-state index in [0.29, 0.717) is 27.7 Å². The summed E-state index contributed by atoms with van der Waals surface area (Å²) < 4.78 is 16.5. The summed E-state index contributed by atoms with van der Waals surface area (Å²) in [6.45, 7) is 3.45. The Hall–Kier alpha value is -4.44. The van der Waals surface area contributed by atoms with Crippen LogP contribution in [-0.2, 0) is 14.3 Å². The molecule has 3 aromatic rings. The van der Waals surface area contributed by atoms with Crippen molar-refractivity contribution in [2.75, 3.05) is 20.3 Å². The Morgan fingerprint density at radius 3 is 2.55 bits per heavy atom. The van der Waals surface area contributed by atoms with E-state index in [1.54, 1.807) is 45.4 Å². The van der Waals surface area contributed by atoms with Gasteiger partial charge in [-0.05, 0) is 49.7 Å². The molecule has 4 rings (SSSR count). The first kappa shape index (κ1) is 26.6. The third-order valence-electron chi connectivity index (χ3n) is 5.88. The van der Waals surface area contributed by atoms with E-state index >= 15 is 0 Å². The monoisotopic (exact) mass is 532 g/mol. The quantitative estimate of drug-likeness (QED) is 0.166. The number of hydrogen-bond donors (Lipinski definition) is 3. The lowest BCUT2D eigenvalue weighted by atomic mass is 9.95. The van der Waals surface area contributed by atoms with Gasteiger partial charge < -0.3 is 24.8 Å². The second-order valence-electron chi connectivity index (χ2n) is 8.31. The third-order valence-corrected chi connectivity index (χ3v) is 6.10. The van der Waals surface area contributed by atoms with Crippen LogP contribution in [0.15, 0.2) is 77.0 Å². The lowest BCUT2D eigenvalue weighted by molar-refractivity contribution is -0.139. The van der Waals surface area contributed by atoms with E-state index in [-0.39, 0.29) is 13.2 Å². The summed E-state index contributed by atoms with van der Waals surface area (Å²) in [5, 5.41) is 12.4. The van der Waals surface area contributed by atoms with Crippen LogP contribution in [0.5, 0.6) is 11.5 Å². The molecule has 1 atom stereocenters. The van der Waals surface area contributed by atoms with Gasteiger partial charge in [0.05, 0.1) is 31.5 Å². The van der Waals surface area contributed by atoms with Crippen LogP contribution in [0, 0.1) is 0 Å². The molecule has 1 aliphatic heterocycles. The van der Waals surface area contributed by atoms with Crippen LogP contribution >= 0.6 is 12.2 Å². The highest BCUT2D eigenvalue weighted by atomic mass is 32.1. The van der Waals surface area contributed by atoms with Crippen molar-refractivity contribution in [3.63, 3.8) is 0 Å². The molecule has 1 aliphatic rings. The van der Waals surface area contributed by atoms with E-state index in [1.165, 1.54) is 0 Å². The molecule has 0 aliphatic carbocycles. The molecule has 0 spiro atoms. The molecule has 38 heavy (non-hydrogen) atoms. The highest BCUT2D eigenvalue weighted by Crippen LogP contribution is 2.33. The minimum absolute atomic E-state index is 0.234. The molecule has 0 saturated carbocycles. The Labute approximate surface area is 225 Å². The van der Waals surface area contributed by atoms with Gasteiger partial charge in [-0.1, -0.05) is 42.5 Å². The average molecular weight is 533 g/mol. The second-order valence-corrected chi connectivity index (χ2v) is 8.72. The van der Waals surface area contributed by atoms with Gasteiger partial charge in [0.15, 0.2) is 11.7 Å². The molecule has 9 nitrogen and oxygen atoms in total. The number of methoxy groups -OCH3 is 1. The fourth-order valence-corrected chi connectivity index (χ4v) is 4.46. The minimum Gasteiger partial charge on any atom is -0.496 e. The number of nitrogens with one attached hydrogen (secondary N) is 3. The Morgan fingerprint density at radius 2 is 1.79 bits per heavy atom. The number of amides is 1. The van der Waals surface area contributed by atoms with Crippen molar-refractivity contribution in [3.8, 4) is 11.5 Å². The summed E-state index contributed by atoms with van der Waals surface area (Å²) in [6.07, 6.45) is 1.58. The molecule has 0 unspecified atom stereocenters. The molecule has 0 saturated heterocycles. The number of hydrogen-bond acceptors (Lipinski definition) is 7. The maximum absolute atomic E-state index is 12.7. The molecule has 1 heterocycles. The Morgan fingerprint density at radius 1 is 1.05 bits per heavy atom. The van der Waals surface area contributed by atoms with Crippen molar-refractivity contribution in [2.24, 2.45) is 5.10 Å². The van der Waals surface area contributed by atoms with Crippen LogP contribution < -0.4 is 25.5 Å². The number of carbonyl (C=O) groups excluding carboxylic acids is 2. The first-order valence-corrected chi connectivity index (χ1v) is 12.4. The van der Waals surface area contributed by atoms with Crippen molar-refractivity contribution < 1.29 is 23.8 Å². The molecule has 0 fully saturated rings. The van der Waals surface area contributed by atoms with Gasteiger partial charge in [0.25, 0.3) is 5.91 Å². The van der Waals surface area contributed by atoms with Crippen LogP contribution in [-0.4, -0.2) is 43.5 Å². The zero-order chi connectivity index (χ0) is 27.1. The summed E-state index contributed by atoms with van der Waals surface area (Å²) in [6, 6.07) is 18.0. The maximum atomic E-state index is 12.7. The van der Waals surface area contributed by atoms with Crippen molar-refractivity contribution in [2.45, 2.75) is 19.9 Å². The van der Waals surface area contributed by atoms with Crippen LogP contribution in [0.3, 0.4) is 0 Å². The number of thiocarbonyl (C=S) groups is 1. The smallest absolute Gasteiger partial charge is 0.338 e. The average Bonchev–Trinajstić information content (AvgIpc) is 2.91. The van der Waals surface area contributed by atoms with E-state index in [0.717, 1.165) is 22.1 Å². The number of allylic oxidation sites excluding steroid dienone is 1. The predicted octanol–water partition coefficient (Wildman–Crippen LogP) is 3.73. The normalized spacial score (nSPS) is 15.1. The van der Waals surface area contributed by atoms with Gasteiger partial charge in [0.2, 0.25) is 0 Å². The number of nitrogens with zero attached hydrogens (tertiary/aromatic N) is 1. The predicted molar refractivity (Wildman–Crippen MR) is 149 cm³/mol. The lowest BCUT2D eigenvalue weighted by Crippen LogP contribution is -2.45. The van der Waals surface area contributed by atoms with Crippen molar-refractivity contribution in [3.05, 3.63) is 83.1 Å². The van der Waals surface area contributed by atoms with Gasteiger partial charge >= 0.3 is 5.97 Å². The highest BCUT2D eigenvalue weighted by molar-refractivity contribution is 7.80. The van der Waals surface area contributed by atoms with E-state index in [1.807, 2.05) is 42.5 Å². The number of benzene rings is 3. The van der Waals surface area contributed by atoms with E-state index in [2.05, 4.69) is 21.2 Å².